The highest BCUT2D eigenvalue weighted by Gasteiger charge is 2.13. The Morgan fingerprint density at radius 3 is 2.22 bits per heavy atom. The zero-order valence-corrected chi connectivity index (χ0v) is 13.5. The fourth-order valence-corrected chi connectivity index (χ4v) is 1.70. The van der Waals surface area contributed by atoms with Gasteiger partial charge >= 0.3 is 5.97 Å². The van der Waals surface area contributed by atoms with Crippen LogP contribution in [0.1, 0.15) is 22.8 Å². The summed E-state index contributed by atoms with van der Waals surface area (Å²) >= 11 is 3.42. The van der Waals surface area contributed by atoms with Crippen LogP contribution in [0, 0.1) is 0 Å². The molecular formula is C17H18O5S. The van der Waals surface area contributed by atoms with Crippen LogP contribution in [0.15, 0.2) is 48.5 Å². The molecule has 122 valence electrons. The van der Waals surface area contributed by atoms with Crippen LogP contribution in [0.4, 0.5) is 0 Å². The van der Waals surface area contributed by atoms with Gasteiger partial charge in [-0.3, -0.25) is 9.59 Å². The number of ketones is 1. The van der Waals surface area contributed by atoms with Crippen molar-refractivity contribution in [3.05, 3.63) is 59.7 Å². The van der Waals surface area contributed by atoms with Gasteiger partial charge in [-0.15, -0.1) is 0 Å². The van der Waals surface area contributed by atoms with Gasteiger partial charge in [-0.25, -0.2) is 0 Å². The lowest BCUT2D eigenvalue weighted by Gasteiger charge is -2.07. The smallest absolute Gasteiger partial charge is 0.313 e. The average Bonchev–Trinajstić information content (AvgIpc) is 2.56. The van der Waals surface area contributed by atoms with Gasteiger partial charge in [0, 0.05) is 11.6 Å². The summed E-state index contributed by atoms with van der Waals surface area (Å²) in [5.74, 6) is -0.668. The molecule has 0 spiro atoms. The van der Waals surface area contributed by atoms with Crippen LogP contribution in [0.25, 0.3) is 0 Å². The van der Waals surface area contributed by atoms with Crippen molar-refractivity contribution in [3.63, 3.8) is 0 Å². The minimum atomic E-state index is -0.881. The third-order valence-corrected chi connectivity index (χ3v) is 2.97. The van der Waals surface area contributed by atoms with Crippen molar-refractivity contribution >= 4 is 24.4 Å². The molecular weight excluding hydrogens is 316 g/mol. The van der Waals surface area contributed by atoms with Gasteiger partial charge in [-0.2, -0.15) is 12.6 Å². The van der Waals surface area contributed by atoms with Crippen LogP contribution in [0.3, 0.4) is 0 Å². The number of carboxylic acid groups (broad SMARTS) is 1. The van der Waals surface area contributed by atoms with E-state index in [0.717, 1.165) is 0 Å². The molecule has 0 saturated carbocycles. The molecule has 23 heavy (non-hydrogen) atoms. The second-order valence-corrected chi connectivity index (χ2v) is 4.68. The maximum Gasteiger partial charge on any atom is 0.313 e. The number of carboxylic acids is 1. The van der Waals surface area contributed by atoms with Gasteiger partial charge in [0.05, 0.1) is 17.9 Å². The largest absolute Gasteiger partial charge is 0.507 e. The van der Waals surface area contributed by atoms with E-state index in [9.17, 15) is 14.7 Å². The zero-order chi connectivity index (χ0) is 17.2. The van der Waals surface area contributed by atoms with Crippen LogP contribution in [-0.4, -0.2) is 34.3 Å². The third-order valence-electron chi connectivity index (χ3n) is 2.70. The molecule has 0 amide bonds. The highest BCUT2D eigenvalue weighted by Crippen LogP contribution is 2.25. The molecule has 0 heterocycles. The lowest BCUT2D eigenvalue weighted by molar-refractivity contribution is -0.133. The SMILES string of the molecule is CCOc1ccc(C(=O)c2ccccc2)c(O)c1.O=C(O)CS. The summed E-state index contributed by atoms with van der Waals surface area (Å²) in [6, 6.07) is 13.6. The van der Waals surface area contributed by atoms with E-state index in [2.05, 4.69) is 12.6 Å². The average molecular weight is 334 g/mol. The second-order valence-electron chi connectivity index (χ2n) is 4.36. The van der Waals surface area contributed by atoms with E-state index in [1.165, 1.54) is 6.07 Å². The Labute approximate surface area is 139 Å². The van der Waals surface area contributed by atoms with Crippen molar-refractivity contribution in [3.8, 4) is 11.5 Å². The monoisotopic (exact) mass is 334 g/mol. The number of carbonyl (C=O) groups excluding carboxylic acids is 1. The van der Waals surface area contributed by atoms with Crippen LogP contribution in [0.2, 0.25) is 0 Å². The summed E-state index contributed by atoms with van der Waals surface area (Å²) in [4.78, 5) is 21.4. The molecule has 6 heteroatoms. The molecule has 0 radical (unpaired) electrons. The predicted molar refractivity (Wildman–Crippen MR) is 90.6 cm³/mol. The number of rotatable bonds is 5. The summed E-state index contributed by atoms with van der Waals surface area (Å²) in [7, 11) is 0. The first-order chi connectivity index (χ1) is 11.0. The molecule has 2 aromatic carbocycles. The van der Waals surface area contributed by atoms with Crippen molar-refractivity contribution < 1.29 is 24.5 Å². The Bertz CT molecular complexity index is 655. The van der Waals surface area contributed by atoms with Gasteiger partial charge < -0.3 is 14.9 Å². The number of aromatic hydroxyl groups is 1. The van der Waals surface area contributed by atoms with Crippen molar-refractivity contribution in [2.75, 3.05) is 12.4 Å². The van der Waals surface area contributed by atoms with E-state index in [-0.39, 0.29) is 22.8 Å². The molecule has 2 N–H and O–H groups in total. The first-order valence-electron chi connectivity index (χ1n) is 6.87. The van der Waals surface area contributed by atoms with Gasteiger partial charge in [0.1, 0.15) is 11.5 Å². The van der Waals surface area contributed by atoms with E-state index in [1.807, 2.05) is 13.0 Å². The van der Waals surface area contributed by atoms with Crippen molar-refractivity contribution in [2.45, 2.75) is 6.92 Å². The Morgan fingerprint density at radius 1 is 1.13 bits per heavy atom. The lowest BCUT2D eigenvalue weighted by atomic mass is 10.0. The van der Waals surface area contributed by atoms with Gasteiger partial charge in [0.15, 0.2) is 5.78 Å². The van der Waals surface area contributed by atoms with Crippen LogP contribution in [-0.2, 0) is 4.79 Å². The number of benzene rings is 2. The lowest BCUT2D eigenvalue weighted by Crippen LogP contribution is -2.01. The minimum absolute atomic E-state index is 0.0604. The Kier molecular flexibility index (Phi) is 7.70. The quantitative estimate of drug-likeness (QED) is 0.578. The van der Waals surface area contributed by atoms with E-state index in [0.29, 0.717) is 17.9 Å². The number of aliphatic carboxylic acids is 1. The van der Waals surface area contributed by atoms with Crippen LogP contribution >= 0.6 is 12.6 Å². The fraction of sp³-hybridized carbons (Fsp3) is 0.176. The van der Waals surface area contributed by atoms with Gasteiger partial charge in [-0.1, -0.05) is 30.3 Å². The molecule has 0 unspecified atom stereocenters. The second kappa shape index (κ2) is 9.53. The predicted octanol–water partition coefficient (Wildman–Crippen LogP) is 3.02. The summed E-state index contributed by atoms with van der Waals surface area (Å²) in [5, 5.41) is 17.5. The summed E-state index contributed by atoms with van der Waals surface area (Å²) in [6.07, 6.45) is 0. The van der Waals surface area contributed by atoms with Crippen LogP contribution < -0.4 is 4.74 Å². The zero-order valence-electron chi connectivity index (χ0n) is 12.6. The first-order valence-corrected chi connectivity index (χ1v) is 7.51. The molecule has 5 nitrogen and oxygen atoms in total. The highest BCUT2D eigenvalue weighted by atomic mass is 32.1. The number of hydrogen-bond acceptors (Lipinski definition) is 5. The number of carbonyl (C=O) groups is 2. The Morgan fingerprint density at radius 2 is 1.74 bits per heavy atom. The molecule has 0 aliphatic carbocycles. The Hall–Kier alpha value is -2.47. The van der Waals surface area contributed by atoms with Crippen LogP contribution in [0.5, 0.6) is 11.5 Å². The van der Waals surface area contributed by atoms with E-state index in [4.69, 9.17) is 9.84 Å². The molecule has 0 atom stereocenters. The molecule has 0 saturated heterocycles. The number of phenols is 1. The molecule has 0 aliphatic heterocycles. The van der Waals surface area contributed by atoms with Gasteiger partial charge in [0.25, 0.3) is 0 Å². The number of phenolic OH excluding ortho intramolecular Hbond substituents is 1. The van der Waals surface area contributed by atoms with E-state index >= 15 is 0 Å². The van der Waals surface area contributed by atoms with Crippen molar-refractivity contribution in [1.82, 2.24) is 0 Å². The molecule has 0 fully saturated rings. The highest BCUT2D eigenvalue weighted by molar-refractivity contribution is 7.81. The normalized spacial score (nSPS) is 9.48. The molecule has 2 rings (SSSR count). The van der Waals surface area contributed by atoms with E-state index in [1.54, 1.807) is 36.4 Å². The fourth-order valence-electron chi connectivity index (χ4n) is 1.70. The topological polar surface area (TPSA) is 83.8 Å². The molecule has 2 aromatic rings. The van der Waals surface area contributed by atoms with Gasteiger partial charge in [-0.05, 0) is 19.1 Å². The van der Waals surface area contributed by atoms with Crippen molar-refractivity contribution in [1.29, 1.82) is 0 Å². The molecule has 0 bridgehead atoms. The molecule has 0 aliphatic rings. The van der Waals surface area contributed by atoms with E-state index < -0.39 is 5.97 Å². The summed E-state index contributed by atoms with van der Waals surface area (Å²) in [6.45, 7) is 2.38. The van der Waals surface area contributed by atoms with Crippen molar-refractivity contribution in [2.24, 2.45) is 0 Å². The maximum atomic E-state index is 12.1. The minimum Gasteiger partial charge on any atom is -0.507 e. The Balaban J connectivity index is 0.000000463. The number of ether oxygens (including phenoxy) is 1. The number of hydrogen-bond donors (Lipinski definition) is 3. The summed E-state index contributed by atoms with van der Waals surface area (Å²) in [5.41, 5.74) is 0.835. The third kappa shape index (κ3) is 6.04. The number of thiol groups is 1. The maximum absolute atomic E-state index is 12.1. The van der Waals surface area contributed by atoms with Gasteiger partial charge in [0.2, 0.25) is 0 Å². The molecule has 0 aromatic heterocycles. The summed E-state index contributed by atoms with van der Waals surface area (Å²) < 4.78 is 5.26. The standard InChI is InChI=1S/C15H14O3.C2H4O2S/c1-2-18-12-8-9-13(14(16)10-12)15(17)11-6-4-3-5-7-11;3-2(4)1-5/h3-10,16H,2H2,1H3;5H,1H2,(H,3,4). The first kappa shape index (κ1) is 18.6.